The highest BCUT2D eigenvalue weighted by Gasteiger charge is 2.08. The monoisotopic (exact) mass is 283 g/mol. The molecule has 0 saturated heterocycles. The molecule has 0 aliphatic heterocycles. The molecule has 18 heavy (non-hydrogen) atoms. The number of aromatic nitrogens is 2. The van der Waals surface area contributed by atoms with Gasteiger partial charge in [-0.25, -0.2) is 0 Å². The van der Waals surface area contributed by atoms with Crippen molar-refractivity contribution in [2.45, 2.75) is 19.4 Å². The van der Waals surface area contributed by atoms with E-state index in [0.29, 0.717) is 0 Å². The van der Waals surface area contributed by atoms with Crippen molar-refractivity contribution < 1.29 is 0 Å². The molecular formula is C13H15Cl2N3. The Kier molecular flexibility index (Phi) is 4.64. The second-order valence-corrected chi connectivity index (χ2v) is 4.95. The Hall–Kier alpha value is -1.03. The fraction of sp³-hybridized carbons (Fsp3) is 0.308. The van der Waals surface area contributed by atoms with Gasteiger partial charge >= 0.3 is 0 Å². The molecule has 5 heteroatoms. The Morgan fingerprint density at radius 3 is 2.61 bits per heavy atom. The van der Waals surface area contributed by atoms with Gasteiger partial charge in [0.15, 0.2) is 0 Å². The van der Waals surface area contributed by atoms with Crippen LogP contribution in [0.25, 0.3) is 0 Å². The molecule has 0 radical (unpaired) electrons. The summed E-state index contributed by atoms with van der Waals surface area (Å²) in [6, 6.07) is 7.77. The van der Waals surface area contributed by atoms with Crippen LogP contribution in [-0.2, 0) is 6.42 Å². The molecule has 1 aromatic carbocycles. The summed E-state index contributed by atoms with van der Waals surface area (Å²) in [5.74, 6) is 0. The molecule has 2 rings (SSSR count). The minimum Gasteiger partial charge on any atom is -0.309 e. The van der Waals surface area contributed by atoms with E-state index >= 15 is 0 Å². The maximum absolute atomic E-state index is 6.12. The van der Waals surface area contributed by atoms with Crippen molar-refractivity contribution >= 4 is 23.2 Å². The second-order valence-electron chi connectivity index (χ2n) is 4.14. The van der Waals surface area contributed by atoms with Crippen LogP contribution in [0.2, 0.25) is 10.0 Å². The molecule has 2 N–H and O–H groups in total. The van der Waals surface area contributed by atoms with Crippen molar-refractivity contribution in [1.29, 1.82) is 0 Å². The number of benzene rings is 1. The van der Waals surface area contributed by atoms with Crippen LogP contribution < -0.4 is 5.32 Å². The molecule has 2 aromatic rings. The zero-order valence-electron chi connectivity index (χ0n) is 10.1. The third-order valence-electron chi connectivity index (χ3n) is 2.88. The van der Waals surface area contributed by atoms with E-state index in [-0.39, 0.29) is 6.04 Å². The van der Waals surface area contributed by atoms with Crippen molar-refractivity contribution in [3.8, 4) is 0 Å². The van der Waals surface area contributed by atoms with Crippen LogP contribution >= 0.6 is 23.2 Å². The smallest absolute Gasteiger partial charge is 0.0518 e. The van der Waals surface area contributed by atoms with Gasteiger partial charge in [0.25, 0.3) is 0 Å². The van der Waals surface area contributed by atoms with Gasteiger partial charge in [0.1, 0.15) is 0 Å². The van der Waals surface area contributed by atoms with Crippen LogP contribution in [0.1, 0.15) is 24.2 Å². The van der Waals surface area contributed by atoms with E-state index in [1.54, 1.807) is 6.20 Å². The normalized spacial score (nSPS) is 12.6. The van der Waals surface area contributed by atoms with Crippen LogP contribution in [0.5, 0.6) is 0 Å². The molecule has 3 nitrogen and oxygen atoms in total. The molecule has 96 valence electrons. The van der Waals surface area contributed by atoms with Crippen molar-refractivity contribution in [2.24, 2.45) is 0 Å². The fourth-order valence-electron chi connectivity index (χ4n) is 1.80. The third kappa shape index (κ3) is 3.25. The summed E-state index contributed by atoms with van der Waals surface area (Å²) in [7, 11) is 0. The van der Waals surface area contributed by atoms with E-state index < -0.39 is 0 Å². The number of hydrogen-bond acceptors (Lipinski definition) is 2. The molecule has 0 aliphatic rings. The van der Waals surface area contributed by atoms with Crippen LogP contribution in [0, 0.1) is 0 Å². The Morgan fingerprint density at radius 1 is 1.28 bits per heavy atom. The van der Waals surface area contributed by atoms with E-state index in [2.05, 4.69) is 22.4 Å². The lowest BCUT2D eigenvalue weighted by atomic mass is 10.1. The number of nitrogens with one attached hydrogen (secondary N) is 2. The molecule has 1 atom stereocenters. The van der Waals surface area contributed by atoms with Gasteiger partial charge in [-0.2, -0.15) is 5.10 Å². The van der Waals surface area contributed by atoms with Gasteiger partial charge in [-0.15, -0.1) is 0 Å². The predicted molar refractivity (Wildman–Crippen MR) is 75.2 cm³/mol. The van der Waals surface area contributed by atoms with E-state index in [1.807, 2.05) is 24.3 Å². The Balaban J connectivity index is 1.89. The molecular weight excluding hydrogens is 269 g/mol. The largest absolute Gasteiger partial charge is 0.309 e. The van der Waals surface area contributed by atoms with E-state index in [0.717, 1.165) is 34.3 Å². The van der Waals surface area contributed by atoms with E-state index in [9.17, 15) is 0 Å². The average molecular weight is 284 g/mol. The first-order chi connectivity index (χ1) is 8.68. The molecule has 0 bridgehead atoms. The van der Waals surface area contributed by atoms with Gasteiger partial charge in [0.05, 0.1) is 5.69 Å². The number of rotatable bonds is 5. The van der Waals surface area contributed by atoms with Gasteiger partial charge in [0.2, 0.25) is 0 Å². The molecule has 1 unspecified atom stereocenters. The maximum atomic E-state index is 6.12. The summed E-state index contributed by atoms with van der Waals surface area (Å²) < 4.78 is 0. The highest BCUT2D eigenvalue weighted by molar-refractivity contribution is 6.35. The standard InChI is InChI=1S/C13H15Cl2N3/c1-9(13-6-8-17-18-13)16-7-5-10-11(14)3-2-4-12(10)15/h2-4,6,8-9,16H,5,7H2,1H3,(H,17,18). The van der Waals surface area contributed by atoms with Crippen LogP contribution in [-0.4, -0.2) is 16.7 Å². The molecule has 0 spiro atoms. The van der Waals surface area contributed by atoms with Crippen molar-refractivity contribution in [2.75, 3.05) is 6.54 Å². The SMILES string of the molecule is CC(NCCc1c(Cl)cccc1Cl)c1ccn[nH]1. The van der Waals surface area contributed by atoms with Crippen LogP contribution in [0.3, 0.4) is 0 Å². The molecule has 0 aliphatic carbocycles. The summed E-state index contributed by atoms with van der Waals surface area (Å²) in [4.78, 5) is 0. The highest BCUT2D eigenvalue weighted by Crippen LogP contribution is 2.24. The second kappa shape index (κ2) is 6.23. The Bertz CT molecular complexity index is 477. The molecule has 0 amide bonds. The lowest BCUT2D eigenvalue weighted by Gasteiger charge is -2.13. The lowest BCUT2D eigenvalue weighted by molar-refractivity contribution is 0.563. The van der Waals surface area contributed by atoms with Crippen molar-refractivity contribution in [3.05, 3.63) is 51.8 Å². The average Bonchev–Trinajstić information content (AvgIpc) is 2.86. The minimum atomic E-state index is 0.230. The Labute approximate surface area is 117 Å². The summed E-state index contributed by atoms with van der Waals surface area (Å²) in [5, 5.41) is 11.7. The first-order valence-electron chi connectivity index (χ1n) is 5.84. The molecule has 0 fully saturated rings. The van der Waals surface area contributed by atoms with Crippen LogP contribution in [0.15, 0.2) is 30.5 Å². The lowest BCUT2D eigenvalue weighted by Crippen LogP contribution is -2.21. The highest BCUT2D eigenvalue weighted by atomic mass is 35.5. The Morgan fingerprint density at radius 2 is 2.00 bits per heavy atom. The van der Waals surface area contributed by atoms with Crippen LogP contribution in [0.4, 0.5) is 0 Å². The van der Waals surface area contributed by atoms with Gasteiger partial charge in [-0.3, -0.25) is 5.10 Å². The topological polar surface area (TPSA) is 40.7 Å². The number of hydrogen-bond donors (Lipinski definition) is 2. The number of nitrogens with zero attached hydrogens (tertiary/aromatic N) is 1. The molecule has 1 aromatic heterocycles. The quantitative estimate of drug-likeness (QED) is 0.880. The van der Waals surface area contributed by atoms with Gasteiger partial charge in [0, 0.05) is 22.3 Å². The zero-order chi connectivity index (χ0) is 13.0. The maximum Gasteiger partial charge on any atom is 0.0518 e. The number of H-pyrrole nitrogens is 1. The van der Waals surface area contributed by atoms with Crippen molar-refractivity contribution in [1.82, 2.24) is 15.5 Å². The zero-order valence-corrected chi connectivity index (χ0v) is 11.6. The van der Waals surface area contributed by atoms with Gasteiger partial charge in [-0.1, -0.05) is 29.3 Å². The predicted octanol–water partition coefficient (Wildman–Crippen LogP) is 3.61. The molecule has 0 saturated carbocycles. The number of aromatic amines is 1. The van der Waals surface area contributed by atoms with E-state index in [4.69, 9.17) is 23.2 Å². The summed E-state index contributed by atoms with van der Waals surface area (Å²) in [6.45, 7) is 2.89. The first-order valence-corrected chi connectivity index (χ1v) is 6.59. The molecule has 1 heterocycles. The van der Waals surface area contributed by atoms with E-state index in [1.165, 1.54) is 0 Å². The van der Waals surface area contributed by atoms with Gasteiger partial charge in [-0.05, 0) is 43.7 Å². The summed E-state index contributed by atoms with van der Waals surface area (Å²) in [5.41, 5.74) is 2.06. The fourth-order valence-corrected chi connectivity index (χ4v) is 2.39. The minimum absolute atomic E-state index is 0.230. The summed E-state index contributed by atoms with van der Waals surface area (Å²) in [6.07, 6.45) is 2.55. The van der Waals surface area contributed by atoms with Crippen molar-refractivity contribution in [3.63, 3.8) is 0 Å². The first kappa shape index (κ1) is 13.4. The van der Waals surface area contributed by atoms with Gasteiger partial charge < -0.3 is 5.32 Å². The third-order valence-corrected chi connectivity index (χ3v) is 3.58. The number of halogens is 2. The summed E-state index contributed by atoms with van der Waals surface area (Å²) >= 11 is 12.2.